The van der Waals surface area contributed by atoms with Gasteiger partial charge in [-0.1, -0.05) is 31.0 Å². The van der Waals surface area contributed by atoms with Gasteiger partial charge in [-0.05, 0) is 50.0 Å². The number of nitrogens with zero attached hydrogens (tertiary/aromatic N) is 1. The van der Waals surface area contributed by atoms with Gasteiger partial charge in [-0.2, -0.15) is 13.2 Å². The second kappa shape index (κ2) is 6.35. The van der Waals surface area contributed by atoms with Gasteiger partial charge in [-0.3, -0.25) is 4.90 Å². The lowest BCUT2D eigenvalue weighted by molar-refractivity contribution is -0.137. The van der Waals surface area contributed by atoms with E-state index in [0.29, 0.717) is 0 Å². The minimum atomic E-state index is -4.39. The molecule has 1 aliphatic heterocycles. The summed E-state index contributed by atoms with van der Waals surface area (Å²) in [7, 11) is 0. The van der Waals surface area contributed by atoms with Gasteiger partial charge in [0.05, 0.1) is 10.6 Å². The SMILES string of the molecule is CCCN1CCCCC1c1ccc(Cl)c(C(F)(F)F)c1. The largest absolute Gasteiger partial charge is 0.417 e. The first kappa shape index (κ1) is 15.6. The van der Waals surface area contributed by atoms with Gasteiger partial charge in [0.15, 0.2) is 0 Å². The van der Waals surface area contributed by atoms with Crippen LogP contribution in [-0.4, -0.2) is 18.0 Å². The van der Waals surface area contributed by atoms with Gasteiger partial charge in [0.1, 0.15) is 0 Å². The molecule has 1 fully saturated rings. The topological polar surface area (TPSA) is 3.24 Å². The number of likely N-dealkylation sites (tertiary alicyclic amines) is 1. The molecule has 1 atom stereocenters. The molecule has 1 nitrogen and oxygen atoms in total. The summed E-state index contributed by atoms with van der Waals surface area (Å²) in [5.41, 5.74) is 0.00793. The monoisotopic (exact) mass is 305 g/mol. The highest BCUT2D eigenvalue weighted by molar-refractivity contribution is 6.31. The molecule has 5 heteroatoms. The van der Waals surface area contributed by atoms with Gasteiger partial charge in [0.25, 0.3) is 0 Å². The average Bonchev–Trinajstić information content (AvgIpc) is 2.39. The van der Waals surface area contributed by atoms with Crippen molar-refractivity contribution < 1.29 is 13.2 Å². The summed E-state index contributed by atoms with van der Waals surface area (Å²) >= 11 is 5.68. The summed E-state index contributed by atoms with van der Waals surface area (Å²) in [6.45, 7) is 3.98. The Balaban J connectivity index is 2.31. The molecule has 1 aromatic rings. The van der Waals surface area contributed by atoms with Gasteiger partial charge < -0.3 is 0 Å². The highest BCUT2D eigenvalue weighted by Crippen LogP contribution is 2.38. The van der Waals surface area contributed by atoms with Crippen molar-refractivity contribution in [3.05, 3.63) is 34.3 Å². The number of benzene rings is 1. The minimum Gasteiger partial charge on any atom is -0.296 e. The zero-order valence-corrected chi connectivity index (χ0v) is 12.3. The molecule has 1 heterocycles. The lowest BCUT2D eigenvalue weighted by atomic mass is 9.94. The van der Waals surface area contributed by atoms with Crippen LogP contribution in [0.1, 0.15) is 49.8 Å². The predicted octanol–water partition coefficient (Wildman–Crippen LogP) is 5.30. The lowest BCUT2D eigenvalue weighted by Crippen LogP contribution is -2.34. The number of alkyl halides is 3. The molecule has 1 aromatic carbocycles. The smallest absolute Gasteiger partial charge is 0.296 e. The average molecular weight is 306 g/mol. The maximum Gasteiger partial charge on any atom is 0.417 e. The maximum absolute atomic E-state index is 12.9. The van der Waals surface area contributed by atoms with E-state index in [9.17, 15) is 13.2 Å². The molecule has 1 unspecified atom stereocenters. The van der Waals surface area contributed by atoms with E-state index in [0.717, 1.165) is 44.3 Å². The van der Waals surface area contributed by atoms with E-state index < -0.39 is 11.7 Å². The molecular formula is C15H19ClF3N. The summed E-state index contributed by atoms with van der Waals surface area (Å²) < 4.78 is 38.8. The third kappa shape index (κ3) is 3.47. The number of hydrogen-bond donors (Lipinski definition) is 0. The van der Waals surface area contributed by atoms with E-state index in [1.54, 1.807) is 6.07 Å². The van der Waals surface area contributed by atoms with Gasteiger partial charge in [0.2, 0.25) is 0 Å². The molecule has 0 saturated carbocycles. The Morgan fingerprint density at radius 3 is 2.70 bits per heavy atom. The molecule has 1 saturated heterocycles. The van der Waals surface area contributed by atoms with E-state index >= 15 is 0 Å². The van der Waals surface area contributed by atoms with E-state index in [1.165, 1.54) is 12.1 Å². The Bertz CT molecular complexity index is 457. The van der Waals surface area contributed by atoms with Crippen LogP contribution in [0.2, 0.25) is 5.02 Å². The van der Waals surface area contributed by atoms with Crippen LogP contribution < -0.4 is 0 Å². The molecule has 0 bridgehead atoms. The first-order valence-corrected chi connectivity index (χ1v) is 7.42. The first-order chi connectivity index (χ1) is 9.43. The third-order valence-corrected chi connectivity index (χ3v) is 4.13. The van der Waals surface area contributed by atoms with Crippen molar-refractivity contribution in [2.24, 2.45) is 0 Å². The van der Waals surface area contributed by atoms with Crippen LogP contribution in [0.15, 0.2) is 18.2 Å². The van der Waals surface area contributed by atoms with Crippen LogP contribution >= 0.6 is 11.6 Å². The van der Waals surface area contributed by atoms with Crippen molar-refractivity contribution in [2.45, 2.75) is 44.8 Å². The van der Waals surface area contributed by atoms with Gasteiger partial charge in [0, 0.05) is 6.04 Å². The van der Waals surface area contributed by atoms with Crippen molar-refractivity contribution in [1.29, 1.82) is 0 Å². The Kier molecular flexibility index (Phi) is 4.97. The van der Waals surface area contributed by atoms with Crippen molar-refractivity contribution in [3.8, 4) is 0 Å². The summed E-state index contributed by atoms with van der Waals surface area (Å²) in [5, 5.41) is -0.223. The van der Waals surface area contributed by atoms with Crippen LogP contribution in [0.4, 0.5) is 13.2 Å². The summed E-state index contributed by atoms with van der Waals surface area (Å²) in [6, 6.07) is 4.41. The summed E-state index contributed by atoms with van der Waals surface area (Å²) in [6.07, 6.45) is -0.280. The second-order valence-corrected chi connectivity index (χ2v) is 5.69. The molecule has 20 heavy (non-hydrogen) atoms. The first-order valence-electron chi connectivity index (χ1n) is 7.04. The quantitative estimate of drug-likeness (QED) is 0.733. The number of rotatable bonds is 3. The summed E-state index contributed by atoms with van der Waals surface area (Å²) in [4.78, 5) is 2.28. The molecule has 0 amide bonds. The Labute approximate surface area is 122 Å². The van der Waals surface area contributed by atoms with Gasteiger partial charge >= 0.3 is 6.18 Å². The zero-order chi connectivity index (χ0) is 14.8. The van der Waals surface area contributed by atoms with Crippen LogP contribution in [-0.2, 0) is 6.18 Å². The molecule has 0 radical (unpaired) electrons. The molecule has 112 valence electrons. The Morgan fingerprint density at radius 2 is 2.05 bits per heavy atom. The van der Waals surface area contributed by atoms with Crippen LogP contribution in [0.5, 0.6) is 0 Å². The van der Waals surface area contributed by atoms with Crippen molar-refractivity contribution in [3.63, 3.8) is 0 Å². The van der Waals surface area contributed by atoms with Crippen LogP contribution in [0.25, 0.3) is 0 Å². The van der Waals surface area contributed by atoms with E-state index in [1.807, 2.05) is 0 Å². The van der Waals surface area contributed by atoms with Crippen molar-refractivity contribution in [2.75, 3.05) is 13.1 Å². The molecule has 0 spiro atoms. The molecule has 0 aliphatic carbocycles. The van der Waals surface area contributed by atoms with Crippen molar-refractivity contribution >= 4 is 11.6 Å². The predicted molar refractivity (Wildman–Crippen MR) is 74.9 cm³/mol. The fraction of sp³-hybridized carbons (Fsp3) is 0.600. The Morgan fingerprint density at radius 1 is 1.30 bits per heavy atom. The molecule has 2 rings (SSSR count). The third-order valence-electron chi connectivity index (χ3n) is 3.81. The molecule has 1 aliphatic rings. The summed E-state index contributed by atoms with van der Waals surface area (Å²) in [5.74, 6) is 0. The maximum atomic E-state index is 12.9. The highest BCUT2D eigenvalue weighted by atomic mass is 35.5. The van der Waals surface area contributed by atoms with E-state index in [-0.39, 0.29) is 11.1 Å². The number of hydrogen-bond acceptors (Lipinski definition) is 1. The fourth-order valence-electron chi connectivity index (χ4n) is 2.89. The second-order valence-electron chi connectivity index (χ2n) is 5.28. The fourth-order valence-corrected chi connectivity index (χ4v) is 3.12. The standard InChI is InChI=1S/C15H19ClF3N/c1-2-8-20-9-4-3-5-14(20)11-6-7-13(16)12(10-11)15(17,18)19/h6-7,10,14H,2-5,8-9H2,1H3. The lowest BCUT2D eigenvalue weighted by Gasteiger charge is -2.36. The van der Waals surface area contributed by atoms with E-state index in [2.05, 4.69) is 11.8 Å². The van der Waals surface area contributed by atoms with Crippen LogP contribution in [0, 0.1) is 0 Å². The minimum absolute atomic E-state index is 0.0852. The molecule has 0 aromatic heterocycles. The Hall–Kier alpha value is -0.740. The van der Waals surface area contributed by atoms with Crippen LogP contribution in [0.3, 0.4) is 0 Å². The molecule has 0 N–H and O–H groups in total. The highest BCUT2D eigenvalue weighted by Gasteiger charge is 2.34. The van der Waals surface area contributed by atoms with Gasteiger partial charge in [-0.15, -0.1) is 0 Å². The van der Waals surface area contributed by atoms with Gasteiger partial charge in [-0.25, -0.2) is 0 Å². The van der Waals surface area contributed by atoms with Crippen molar-refractivity contribution in [1.82, 2.24) is 4.90 Å². The molecular weight excluding hydrogens is 287 g/mol. The van der Waals surface area contributed by atoms with E-state index in [4.69, 9.17) is 11.6 Å². The number of piperidine rings is 1. The number of halogens is 4. The normalized spacial score (nSPS) is 21.1. The zero-order valence-electron chi connectivity index (χ0n) is 11.5.